The molecule has 0 saturated heterocycles. The van der Waals surface area contributed by atoms with Gasteiger partial charge in [0.05, 0.1) is 0 Å². The molecule has 2 rings (SSSR count). The zero-order valence-electron chi connectivity index (χ0n) is 15.5. The van der Waals surface area contributed by atoms with Crippen LogP contribution in [0.15, 0.2) is 48.5 Å². The molecule has 0 atom stereocenters. The van der Waals surface area contributed by atoms with Crippen LogP contribution < -0.4 is 18.9 Å². The molecule has 142 valence electrons. The Kier molecular flexibility index (Phi) is 7.98. The third kappa shape index (κ3) is 7.99. The zero-order chi connectivity index (χ0) is 20.2. The second-order valence-corrected chi connectivity index (χ2v) is 5.31. The molecule has 6 heteroatoms. The molecule has 0 radical (unpaired) electrons. The first-order chi connectivity index (χ1) is 13.5. The van der Waals surface area contributed by atoms with Gasteiger partial charge in [-0.05, 0) is 72.2 Å². The Balaban J connectivity index is 1.68. The summed E-state index contributed by atoms with van der Waals surface area (Å²) in [6, 6.07) is 13.3. The summed E-state index contributed by atoms with van der Waals surface area (Å²) in [5.41, 5.74) is 0. The first-order valence-electron chi connectivity index (χ1n) is 8.31. The van der Waals surface area contributed by atoms with E-state index in [0.717, 1.165) is 0 Å². The number of hydrogen-bond donors (Lipinski definition) is 0. The van der Waals surface area contributed by atoms with Crippen molar-refractivity contribution in [1.82, 2.24) is 0 Å². The normalized spacial score (nSPS) is 9.07. The van der Waals surface area contributed by atoms with Crippen LogP contribution in [0.25, 0.3) is 0 Å². The van der Waals surface area contributed by atoms with Crippen molar-refractivity contribution in [3.05, 3.63) is 48.5 Å². The summed E-state index contributed by atoms with van der Waals surface area (Å²) >= 11 is 0. The van der Waals surface area contributed by atoms with Crippen LogP contribution in [-0.4, -0.2) is 25.2 Å². The van der Waals surface area contributed by atoms with Crippen molar-refractivity contribution in [2.24, 2.45) is 0 Å². The molecule has 0 saturated carbocycles. The van der Waals surface area contributed by atoms with Gasteiger partial charge in [0.2, 0.25) is 0 Å². The van der Waals surface area contributed by atoms with Crippen molar-refractivity contribution in [2.75, 3.05) is 13.2 Å². The minimum Gasteiger partial charge on any atom is -0.481 e. The standard InChI is InChI=1S/C22H18O6/c1-17(23)27-21-11-7-19(8-12-21)25-15-5-3-4-6-16-26-20-9-13-22(14-10-20)28-18(2)24/h7-14H,15-16H2,1-2H3. The maximum absolute atomic E-state index is 10.8. The van der Waals surface area contributed by atoms with Crippen LogP contribution in [-0.2, 0) is 9.59 Å². The van der Waals surface area contributed by atoms with Crippen molar-refractivity contribution < 1.29 is 28.5 Å². The maximum Gasteiger partial charge on any atom is 0.308 e. The number of carbonyl (C=O) groups excluding carboxylic acids is 2. The number of ether oxygens (including phenoxy) is 4. The Morgan fingerprint density at radius 2 is 0.964 bits per heavy atom. The zero-order valence-corrected chi connectivity index (χ0v) is 15.5. The number of carbonyl (C=O) groups is 2. The molecule has 0 bridgehead atoms. The van der Waals surface area contributed by atoms with Gasteiger partial charge in [0.1, 0.15) is 36.2 Å². The lowest BCUT2D eigenvalue weighted by molar-refractivity contribution is -0.132. The van der Waals surface area contributed by atoms with E-state index in [-0.39, 0.29) is 25.2 Å². The second-order valence-electron chi connectivity index (χ2n) is 5.31. The lowest BCUT2D eigenvalue weighted by Gasteiger charge is -2.04. The van der Waals surface area contributed by atoms with E-state index in [2.05, 4.69) is 23.7 Å². The van der Waals surface area contributed by atoms with E-state index in [4.69, 9.17) is 18.9 Å². The van der Waals surface area contributed by atoms with Crippen LogP contribution >= 0.6 is 0 Å². The van der Waals surface area contributed by atoms with E-state index in [1.165, 1.54) is 13.8 Å². The largest absolute Gasteiger partial charge is 0.481 e. The van der Waals surface area contributed by atoms with Gasteiger partial charge in [0, 0.05) is 13.8 Å². The SMILES string of the molecule is CC(=O)Oc1ccc(OCC#CC#CCOc2ccc(OC(C)=O)cc2)cc1. The van der Waals surface area contributed by atoms with E-state index in [1.54, 1.807) is 48.5 Å². The van der Waals surface area contributed by atoms with Crippen LogP contribution in [0.5, 0.6) is 23.0 Å². The van der Waals surface area contributed by atoms with Crippen LogP contribution in [0, 0.1) is 23.7 Å². The predicted octanol–water partition coefficient (Wildman–Crippen LogP) is 3.00. The van der Waals surface area contributed by atoms with Crippen molar-refractivity contribution in [2.45, 2.75) is 13.8 Å². The monoisotopic (exact) mass is 378 g/mol. The summed E-state index contributed by atoms with van der Waals surface area (Å²) in [5, 5.41) is 0. The van der Waals surface area contributed by atoms with E-state index >= 15 is 0 Å². The Morgan fingerprint density at radius 3 is 1.29 bits per heavy atom. The minimum atomic E-state index is -0.374. The lowest BCUT2D eigenvalue weighted by atomic mass is 10.3. The molecule has 2 aromatic carbocycles. The second kappa shape index (κ2) is 10.9. The Hall–Kier alpha value is -3.90. The summed E-state index contributed by atoms with van der Waals surface area (Å²) in [6.07, 6.45) is 0. The molecule has 2 aromatic rings. The highest BCUT2D eigenvalue weighted by Crippen LogP contribution is 2.18. The van der Waals surface area contributed by atoms with Gasteiger partial charge in [-0.1, -0.05) is 0 Å². The van der Waals surface area contributed by atoms with Crippen molar-refractivity contribution in [1.29, 1.82) is 0 Å². The molecule has 0 fully saturated rings. The molecule has 0 aliphatic heterocycles. The Labute approximate surface area is 163 Å². The number of benzene rings is 2. The van der Waals surface area contributed by atoms with Gasteiger partial charge in [-0.25, -0.2) is 0 Å². The van der Waals surface area contributed by atoms with Gasteiger partial charge in [0.25, 0.3) is 0 Å². The molecule has 0 unspecified atom stereocenters. The molecule has 0 N–H and O–H groups in total. The van der Waals surface area contributed by atoms with E-state index < -0.39 is 0 Å². The van der Waals surface area contributed by atoms with Gasteiger partial charge < -0.3 is 18.9 Å². The van der Waals surface area contributed by atoms with Crippen LogP contribution in [0.4, 0.5) is 0 Å². The van der Waals surface area contributed by atoms with Gasteiger partial charge >= 0.3 is 11.9 Å². The first kappa shape index (κ1) is 20.4. The summed E-state index contributed by atoms with van der Waals surface area (Å²) in [7, 11) is 0. The maximum atomic E-state index is 10.8. The van der Waals surface area contributed by atoms with Gasteiger partial charge in [-0.3, -0.25) is 9.59 Å². The number of rotatable bonds is 6. The number of hydrogen-bond acceptors (Lipinski definition) is 6. The quantitative estimate of drug-likeness (QED) is 0.437. The Bertz CT molecular complexity index is 842. The summed E-state index contributed by atoms with van der Waals surface area (Å²) in [5.74, 6) is 12.3. The minimum absolute atomic E-state index is 0.181. The van der Waals surface area contributed by atoms with Gasteiger partial charge in [-0.2, -0.15) is 0 Å². The summed E-state index contributed by atoms with van der Waals surface area (Å²) < 4.78 is 20.7. The smallest absolute Gasteiger partial charge is 0.308 e. The topological polar surface area (TPSA) is 71.1 Å². The van der Waals surface area contributed by atoms with Crippen LogP contribution in [0.1, 0.15) is 13.8 Å². The highest BCUT2D eigenvalue weighted by Gasteiger charge is 1.99. The predicted molar refractivity (Wildman–Crippen MR) is 102 cm³/mol. The molecular weight excluding hydrogens is 360 g/mol. The fourth-order valence-corrected chi connectivity index (χ4v) is 1.94. The van der Waals surface area contributed by atoms with E-state index in [9.17, 15) is 9.59 Å². The molecule has 6 nitrogen and oxygen atoms in total. The molecule has 28 heavy (non-hydrogen) atoms. The molecule has 0 aromatic heterocycles. The third-order valence-electron chi connectivity index (χ3n) is 3.03. The molecule has 0 aliphatic carbocycles. The Morgan fingerprint density at radius 1 is 0.643 bits per heavy atom. The van der Waals surface area contributed by atoms with E-state index in [0.29, 0.717) is 23.0 Å². The fraction of sp³-hybridized carbons (Fsp3) is 0.182. The van der Waals surface area contributed by atoms with Crippen molar-refractivity contribution in [3.8, 4) is 46.7 Å². The third-order valence-corrected chi connectivity index (χ3v) is 3.03. The number of esters is 2. The van der Waals surface area contributed by atoms with Gasteiger partial charge in [-0.15, -0.1) is 0 Å². The molecule has 0 heterocycles. The lowest BCUT2D eigenvalue weighted by Crippen LogP contribution is -2.01. The van der Waals surface area contributed by atoms with Crippen molar-refractivity contribution >= 4 is 11.9 Å². The summed E-state index contributed by atoms with van der Waals surface area (Å²) in [6.45, 7) is 3.04. The first-order valence-corrected chi connectivity index (χ1v) is 8.31. The van der Waals surface area contributed by atoms with Gasteiger partial charge in [0.15, 0.2) is 0 Å². The highest BCUT2D eigenvalue weighted by atomic mass is 16.5. The van der Waals surface area contributed by atoms with E-state index in [1.807, 2.05) is 0 Å². The highest BCUT2D eigenvalue weighted by molar-refractivity contribution is 5.69. The molecule has 0 spiro atoms. The molecule has 0 amide bonds. The van der Waals surface area contributed by atoms with Crippen LogP contribution in [0.2, 0.25) is 0 Å². The average molecular weight is 378 g/mol. The molecule has 0 aliphatic rings. The van der Waals surface area contributed by atoms with Crippen LogP contribution in [0.3, 0.4) is 0 Å². The average Bonchev–Trinajstić information content (AvgIpc) is 2.65. The molecular formula is C22H18O6. The van der Waals surface area contributed by atoms with Crippen molar-refractivity contribution in [3.63, 3.8) is 0 Å². The fourth-order valence-electron chi connectivity index (χ4n) is 1.94. The summed E-state index contributed by atoms with van der Waals surface area (Å²) in [4.78, 5) is 21.7.